The van der Waals surface area contributed by atoms with Crippen LogP contribution in [0.3, 0.4) is 0 Å². The Hall–Kier alpha value is -1.81. The lowest BCUT2D eigenvalue weighted by Crippen LogP contribution is -2.52. The molecule has 0 radical (unpaired) electrons. The van der Waals surface area contributed by atoms with Crippen molar-refractivity contribution in [2.75, 3.05) is 31.1 Å². The first kappa shape index (κ1) is 16.6. The van der Waals surface area contributed by atoms with Crippen molar-refractivity contribution in [1.82, 2.24) is 9.88 Å². The summed E-state index contributed by atoms with van der Waals surface area (Å²) in [6.07, 6.45) is 0.812. The van der Waals surface area contributed by atoms with Gasteiger partial charge in [-0.15, -0.1) is 0 Å². The van der Waals surface area contributed by atoms with Crippen LogP contribution in [-0.2, 0) is 6.18 Å². The molecule has 0 amide bonds. The average Bonchev–Trinajstić information content (AvgIpc) is 3.24. The molecule has 2 heterocycles. The summed E-state index contributed by atoms with van der Waals surface area (Å²) >= 11 is 0. The Kier molecular flexibility index (Phi) is 4.11. The highest BCUT2D eigenvalue weighted by Crippen LogP contribution is 2.46. The number of piperazine rings is 1. The summed E-state index contributed by atoms with van der Waals surface area (Å²) in [6, 6.07) is 4.73. The van der Waals surface area contributed by atoms with Crippen LogP contribution in [0, 0.1) is 23.2 Å². The topological polar surface area (TPSA) is 43.2 Å². The summed E-state index contributed by atoms with van der Waals surface area (Å²) in [6.45, 7) is 2.90. The smallest absolute Gasteiger partial charge is 0.353 e. The Morgan fingerprint density at radius 1 is 1.08 bits per heavy atom. The number of hydrogen-bond donors (Lipinski definition) is 0. The Balaban J connectivity index is 1.48. The third-order valence-electron chi connectivity index (χ3n) is 6.07. The van der Waals surface area contributed by atoms with Crippen molar-refractivity contribution in [3.8, 4) is 6.07 Å². The number of alkyl halides is 3. The number of aromatic nitrogens is 1. The normalized spacial score (nSPS) is 29.8. The van der Waals surface area contributed by atoms with Gasteiger partial charge in [-0.05, 0) is 43.2 Å². The second kappa shape index (κ2) is 6.17. The molecule has 1 saturated heterocycles. The van der Waals surface area contributed by atoms with Gasteiger partial charge in [0.2, 0.25) is 0 Å². The van der Waals surface area contributed by atoms with Crippen LogP contribution >= 0.6 is 0 Å². The van der Waals surface area contributed by atoms with Gasteiger partial charge in [0, 0.05) is 32.2 Å². The molecule has 0 aromatic carbocycles. The molecule has 3 fully saturated rings. The van der Waals surface area contributed by atoms with E-state index < -0.39 is 11.9 Å². The maximum Gasteiger partial charge on any atom is 0.433 e. The molecule has 1 aromatic rings. The van der Waals surface area contributed by atoms with Crippen LogP contribution < -0.4 is 4.90 Å². The van der Waals surface area contributed by atoms with Crippen LogP contribution in [0.2, 0.25) is 0 Å². The Morgan fingerprint density at radius 3 is 2.40 bits per heavy atom. The van der Waals surface area contributed by atoms with Gasteiger partial charge in [-0.3, -0.25) is 4.90 Å². The zero-order chi connectivity index (χ0) is 17.6. The Morgan fingerprint density at radius 2 is 1.84 bits per heavy atom. The molecule has 3 unspecified atom stereocenters. The van der Waals surface area contributed by atoms with Gasteiger partial charge >= 0.3 is 6.18 Å². The molecular formula is C18H21F3N4. The Bertz CT molecular complexity index is 689. The molecule has 3 atom stereocenters. The molecule has 1 aliphatic heterocycles. The van der Waals surface area contributed by atoms with E-state index in [-0.39, 0.29) is 11.4 Å². The van der Waals surface area contributed by atoms with Crippen molar-refractivity contribution in [2.45, 2.75) is 37.9 Å². The molecule has 1 aromatic heterocycles. The first-order valence-electron chi connectivity index (χ1n) is 8.93. The van der Waals surface area contributed by atoms with Gasteiger partial charge in [-0.2, -0.15) is 18.4 Å². The van der Waals surface area contributed by atoms with E-state index in [1.165, 1.54) is 31.7 Å². The third-order valence-corrected chi connectivity index (χ3v) is 6.07. The van der Waals surface area contributed by atoms with Gasteiger partial charge in [0.05, 0.1) is 5.56 Å². The van der Waals surface area contributed by atoms with Crippen LogP contribution in [-0.4, -0.2) is 42.1 Å². The number of nitriles is 1. The van der Waals surface area contributed by atoms with E-state index in [2.05, 4.69) is 9.88 Å². The molecule has 2 bridgehead atoms. The first-order valence-corrected chi connectivity index (χ1v) is 8.93. The highest BCUT2D eigenvalue weighted by Gasteiger charge is 2.43. The van der Waals surface area contributed by atoms with Gasteiger partial charge < -0.3 is 4.90 Å². The lowest BCUT2D eigenvalue weighted by atomic mass is 9.93. The van der Waals surface area contributed by atoms with Crippen LogP contribution in [0.1, 0.15) is 36.9 Å². The number of nitrogens with zero attached hydrogens (tertiary/aromatic N) is 4. The van der Waals surface area contributed by atoms with Crippen LogP contribution in [0.25, 0.3) is 0 Å². The molecule has 2 aliphatic carbocycles. The molecule has 25 heavy (non-hydrogen) atoms. The molecule has 134 valence electrons. The van der Waals surface area contributed by atoms with E-state index in [0.29, 0.717) is 19.1 Å². The van der Waals surface area contributed by atoms with Gasteiger partial charge in [0.25, 0.3) is 0 Å². The van der Waals surface area contributed by atoms with Crippen molar-refractivity contribution in [3.05, 3.63) is 23.4 Å². The van der Waals surface area contributed by atoms with E-state index in [4.69, 9.17) is 0 Å². The fourth-order valence-electron chi connectivity index (χ4n) is 4.86. The van der Waals surface area contributed by atoms with E-state index in [1.807, 2.05) is 11.0 Å². The van der Waals surface area contributed by atoms with E-state index >= 15 is 0 Å². The number of anilines is 1. The Labute approximate surface area is 145 Å². The minimum atomic E-state index is -4.49. The zero-order valence-corrected chi connectivity index (χ0v) is 14.0. The van der Waals surface area contributed by atoms with E-state index in [0.717, 1.165) is 31.0 Å². The summed E-state index contributed by atoms with van der Waals surface area (Å²) in [5.41, 5.74) is -0.724. The van der Waals surface area contributed by atoms with Gasteiger partial charge in [-0.25, -0.2) is 4.98 Å². The number of hydrogen-bond acceptors (Lipinski definition) is 4. The van der Waals surface area contributed by atoms with E-state index in [1.54, 1.807) is 0 Å². The molecule has 4 nitrogen and oxygen atoms in total. The standard InChI is InChI=1S/C18H21F3N4/c19-18(20,21)16-4-3-14(11-22)17(23-16)25-7-5-24(6-8-25)15-10-12-1-2-13(15)9-12/h3-4,12-13,15H,1-2,5-10H2. The highest BCUT2D eigenvalue weighted by atomic mass is 19.4. The predicted octanol–water partition coefficient (Wildman–Crippen LogP) is 3.28. The van der Waals surface area contributed by atoms with Crippen molar-refractivity contribution < 1.29 is 13.2 Å². The molecule has 3 aliphatic rings. The quantitative estimate of drug-likeness (QED) is 0.821. The maximum atomic E-state index is 13.0. The summed E-state index contributed by atoms with van der Waals surface area (Å²) in [5.74, 6) is 1.85. The lowest BCUT2D eigenvalue weighted by Gasteiger charge is -2.41. The number of rotatable bonds is 2. The van der Waals surface area contributed by atoms with Crippen LogP contribution in [0.15, 0.2) is 12.1 Å². The third kappa shape index (κ3) is 3.08. The summed E-state index contributed by atoms with van der Waals surface area (Å²) in [4.78, 5) is 8.09. The minimum Gasteiger partial charge on any atom is -0.353 e. The second-order valence-electron chi connectivity index (χ2n) is 7.44. The average molecular weight is 350 g/mol. The van der Waals surface area contributed by atoms with Gasteiger partial charge in [0.15, 0.2) is 0 Å². The molecule has 2 saturated carbocycles. The second-order valence-corrected chi connectivity index (χ2v) is 7.44. The summed E-state index contributed by atoms with van der Waals surface area (Å²) in [5, 5.41) is 9.23. The molecule has 0 N–H and O–H groups in total. The molecule has 0 spiro atoms. The lowest BCUT2D eigenvalue weighted by molar-refractivity contribution is -0.141. The summed E-state index contributed by atoms with van der Waals surface area (Å²) < 4.78 is 38.9. The number of fused-ring (bicyclic) bond motifs is 2. The van der Waals surface area contributed by atoms with Gasteiger partial charge in [0.1, 0.15) is 17.6 Å². The molecular weight excluding hydrogens is 329 g/mol. The maximum absolute atomic E-state index is 13.0. The van der Waals surface area contributed by atoms with Crippen molar-refractivity contribution in [2.24, 2.45) is 11.8 Å². The fraction of sp³-hybridized carbons (Fsp3) is 0.667. The van der Waals surface area contributed by atoms with Crippen molar-refractivity contribution >= 4 is 5.82 Å². The molecule has 7 heteroatoms. The SMILES string of the molecule is N#Cc1ccc(C(F)(F)F)nc1N1CCN(C2CC3CCC2C3)CC1. The van der Waals surface area contributed by atoms with E-state index in [9.17, 15) is 18.4 Å². The van der Waals surface area contributed by atoms with Crippen LogP contribution in [0.5, 0.6) is 0 Å². The monoisotopic (exact) mass is 350 g/mol. The molecule has 4 rings (SSSR count). The van der Waals surface area contributed by atoms with Crippen molar-refractivity contribution in [1.29, 1.82) is 5.26 Å². The number of halogens is 3. The van der Waals surface area contributed by atoms with Crippen molar-refractivity contribution in [3.63, 3.8) is 0 Å². The number of pyridine rings is 1. The van der Waals surface area contributed by atoms with Gasteiger partial charge in [-0.1, -0.05) is 6.42 Å². The predicted molar refractivity (Wildman–Crippen MR) is 87.0 cm³/mol. The highest BCUT2D eigenvalue weighted by molar-refractivity contribution is 5.55. The summed E-state index contributed by atoms with van der Waals surface area (Å²) in [7, 11) is 0. The van der Waals surface area contributed by atoms with Crippen LogP contribution in [0.4, 0.5) is 19.0 Å². The first-order chi connectivity index (χ1) is 12.0. The zero-order valence-electron chi connectivity index (χ0n) is 14.0. The largest absolute Gasteiger partial charge is 0.433 e. The minimum absolute atomic E-state index is 0.171. The fourth-order valence-corrected chi connectivity index (χ4v) is 4.86.